The Morgan fingerprint density at radius 3 is 2.48 bits per heavy atom. The number of likely N-dealkylation sites (tertiary alicyclic amines) is 1. The van der Waals surface area contributed by atoms with Crippen molar-refractivity contribution in [2.75, 3.05) is 6.54 Å². The highest BCUT2D eigenvalue weighted by atomic mass is 19.1. The second kappa shape index (κ2) is 7.55. The molecule has 6 heteroatoms. The van der Waals surface area contributed by atoms with Crippen LogP contribution >= 0.6 is 0 Å². The normalized spacial score (nSPS) is 17.6. The van der Waals surface area contributed by atoms with Crippen molar-refractivity contribution >= 4 is 11.9 Å². The number of nitrogens with zero attached hydrogens (tertiary/aromatic N) is 1. The van der Waals surface area contributed by atoms with Gasteiger partial charge in [0.05, 0.1) is 0 Å². The van der Waals surface area contributed by atoms with Crippen LogP contribution in [0, 0.1) is 5.82 Å². The number of amides is 1. The molecular weight excluding hydrogens is 349 g/mol. The number of hydrogen-bond donors (Lipinski definition) is 0. The van der Waals surface area contributed by atoms with Gasteiger partial charge in [0.15, 0.2) is 5.76 Å². The van der Waals surface area contributed by atoms with Gasteiger partial charge >= 0.3 is 6.09 Å². The zero-order valence-electron chi connectivity index (χ0n) is 15.8. The first kappa shape index (κ1) is 19.1. The lowest BCUT2D eigenvalue weighted by molar-refractivity contribution is 0.0101. The van der Waals surface area contributed by atoms with Gasteiger partial charge in [-0.2, -0.15) is 0 Å². The summed E-state index contributed by atoms with van der Waals surface area (Å²) in [7, 11) is 0. The standard InChI is InChI=1S/C21H24FNO4/c1-21(2,3)27-20(25)23-13-5-4-6-16(23)19(24)18-12-11-17(26-18)14-7-9-15(22)10-8-14/h7-12,16H,4-6,13H2,1-3H3/t16-/m0/s1. The summed E-state index contributed by atoms with van der Waals surface area (Å²) in [6, 6.07) is 8.55. The molecule has 0 saturated carbocycles. The molecule has 1 aromatic carbocycles. The van der Waals surface area contributed by atoms with Gasteiger partial charge in [-0.15, -0.1) is 0 Å². The maximum absolute atomic E-state index is 13.1. The molecule has 1 aromatic heterocycles. The summed E-state index contributed by atoms with van der Waals surface area (Å²) >= 11 is 0. The first-order valence-corrected chi connectivity index (χ1v) is 9.14. The minimum absolute atomic E-state index is 0.190. The highest BCUT2D eigenvalue weighted by Crippen LogP contribution is 2.27. The number of furan rings is 1. The van der Waals surface area contributed by atoms with E-state index in [9.17, 15) is 14.0 Å². The number of carbonyl (C=O) groups is 2. The van der Waals surface area contributed by atoms with E-state index in [4.69, 9.17) is 9.15 Å². The lowest BCUT2D eigenvalue weighted by Crippen LogP contribution is -2.49. The summed E-state index contributed by atoms with van der Waals surface area (Å²) in [6.45, 7) is 5.88. The Labute approximate surface area is 158 Å². The van der Waals surface area contributed by atoms with Crippen LogP contribution in [0.4, 0.5) is 9.18 Å². The third-order valence-electron chi connectivity index (χ3n) is 4.41. The molecule has 1 saturated heterocycles. The Hall–Kier alpha value is -2.63. The molecule has 144 valence electrons. The van der Waals surface area contributed by atoms with Gasteiger partial charge in [0.2, 0.25) is 5.78 Å². The zero-order valence-corrected chi connectivity index (χ0v) is 15.8. The van der Waals surface area contributed by atoms with Crippen LogP contribution in [0.15, 0.2) is 40.8 Å². The van der Waals surface area contributed by atoms with Gasteiger partial charge in [0.1, 0.15) is 23.2 Å². The van der Waals surface area contributed by atoms with Crippen LogP contribution in [0.5, 0.6) is 0 Å². The molecule has 0 spiro atoms. The van der Waals surface area contributed by atoms with E-state index in [0.717, 1.165) is 12.8 Å². The molecule has 2 aromatic rings. The molecule has 1 aliphatic rings. The summed E-state index contributed by atoms with van der Waals surface area (Å²) < 4.78 is 24.2. The summed E-state index contributed by atoms with van der Waals surface area (Å²) in [4.78, 5) is 27.0. The number of ether oxygens (including phenoxy) is 1. The van der Waals surface area contributed by atoms with E-state index in [0.29, 0.717) is 24.3 Å². The van der Waals surface area contributed by atoms with Crippen molar-refractivity contribution in [3.63, 3.8) is 0 Å². The van der Waals surface area contributed by atoms with Crippen molar-refractivity contribution < 1.29 is 23.1 Å². The van der Waals surface area contributed by atoms with E-state index < -0.39 is 17.7 Å². The number of carbonyl (C=O) groups excluding carboxylic acids is 2. The predicted octanol–water partition coefficient (Wildman–Crippen LogP) is 5.06. The molecule has 5 nitrogen and oxygen atoms in total. The fourth-order valence-electron chi connectivity index (χ4n) is 3.15. The number of Topliss-reactive ketones (excluding diaryl/α,β-unsaturated/α-hetero) is 1. The Kier molecular flexibility index (Phi) is 5.35. The number of piperidine rings is 1. The minimum atomic E-state index is -0.622. The van der Waals surface area contributed by atoms with Crippen molar-refractivity contribution in [1.82, 2.24) is 4.90 Å². The Bertz CT molecular complexity index is 819. The van der Waals surface area contributed by atoms with Crippen LogP contribution in [-0.4, -0.2) is 35.0 Å². The molecule has 0 N–H and O–H groups in total. The van der Waals surface area contributed by atoms with E-state index in [1.807, 2.05) is 0 Å². The molecule has 1 atom stereocenters. The van der Waals surface area contributed by atoms with E-state index in [1.165, 1.54) is 17.0 Å². The molecule has 0 bridgehead atoms. The lowest BCUT2D eigenvalue weighted by Gasteiger charge is -2.35. The van der Waals surface area contributed by atoms with Crippen molar-refractivity contribution in [2.24, 2.45) is 0 Å². The summed E-state index contributed by atoms with van der Waals surface area (Å²) in [5, 5.41) is 0. The predicted molar refractivity (Wildman–Crippen MR) is 99.0 cm³/mol. The minimum Gasteiger partial charge on any atom is -0.453 e. The SMILES string of the molecule is CC(C)(C)OC(=O)N1CCCC[C@H]1C(=O)c1ccc(-c2ccc(F)cc2)o1. The van der Waals surface area contributed by atoms with Crippen LogP contribution < -0.4 is 0 Å². The maximum Gasteiger partial charge on any atom is 0.410 e. The lowest BCUT2D eigenvalue weighted by atomic mass is 9.97. The molecule has 0 aliphatic carbocycles. The van der Waals surface area contributed by atoms with Gasteiger partial charge in [-0.25, -0.2) is 9.18 Å². The van der Waals surface area contributed by atoms with Crippen molar-refractivity contribution in [1.29, 1.82) is 0 Å². The number of halogens is 1. The average Bonchev–Trinajstić information content (AvgIpc) is 3.10. The second-order valence-corrected chi connectivity index (χ2v) is 7.72. The molecule has 0 unspecified atom stereocenters. The van der Waals surface area contributed by atoms with Gasteiger partial charge < -0.3 is 9.15 Å². The summed E-state index contributed by atoms with van der Waals surface area (Å²) in [5.74, 6) is 0.0958. The van der Waals surface area contributed by atoms with Gasteiger partial charge in [-0.1, -0.05) is 0 Å². The quantitative estimate of drug-likeness (QED) is 0.706. The fraction of sp³-hybridized carbons (Fsp3) is 0.429. The zero-order chi connectivity index (χ0) is 19.6. The van der Waals surface area contributed by atoms with Gasteiger partial charge in [-0.05, 0) is 76.4 Å². The van der Waals surface area contributed by atoms with E-state index in [2.05, 4.69) is 0 Å². The highest BCUT2D eigenvalue weighted by Gasteiger charge is 2.36. The first-order chi connectivity index (χ1) is 12.7. The van der Waals surface area contributed by atoms with Crippen LogP contribution in [-0.2, 0) is 4.74 Å². The van der Waals surface area contributed by atoms with Crippen molar-refractivity contribution in [3.8, 4) is 11.3 Å². The Balaban J connectivity index is 1.79. The molecule has 2 heterocycles. The topological polar surface area (TPSA) is 59.8 Å². The van der Waals surface area contributed by atoms with Crippen LogP contribution in [0.1, 0.15) is 50.6 Å². The number of hydrogen-bond acceptors (Lipinski definition) is 4. The van der Waals surface area contributed by atoms with Gasteiger partial charge in [0.25, 0.3) is 0 Å². The van der Waals surface area contributed by atoms with Crippen LogP contribution in [0.25, 0.3) is 11.3 Å². The van der Waals surface area contributed by atoms with Gasteiger partial charge in [0, 0.05) is 12.1 Å². The smallest absolute Gasteiger partial charge is 0.410 e. The third-order valence-corrected chi connectivity index (χ3v) is 4.41. The second-order valence-electron chi connectivity index (χ2n) is 7.72. The maximum atomic E-state index is 13.1. The summed E-state index contributed by atoms with van der Waals surface area (Å²) in [6.07, 6.45) is 1.79. The molecule has 3 rings (SSSR count). The third kappa shape index (κ3) is 4.56. The molecule has 0 radical (unpaired) electrons. The van der Waals surface area contributed by atoms with Gasteiger partial charge in [-0.3, -0.25) is 9.69 Å². The van der Waals surface area contributed by atoms with E-state index >= 15 is 0 Å². The molecule has 1 fully saturated rings. The fourth-order valence-corrected chi connectivity index (χ4v) is 3.15. The largest absolute Gasteiger partial charge is 0.453 e. The average molecular weight is 373 g/mol. The molecule has 1 aliphatic heterocycles. The number of ketones is 1. The van der Waals surface area contributed by atoms with Crippen LogP contribution in [0.2, 0.25) is 0 Å². The summed E-state index contributed by atoms with van der Waals surface area (Å²) in [5.41, 5.74) is 0.0610. The monoisotopic (exact) mass is 373 g/mol. The number of benzene rings is 1. The molecule has 1 amide bonds. The van der Waals surface area contributed by atoms with E-state index in [1.54, 1.807) is 45.0 Å². The highest BCUT2D eigenvalue weighted by molar-refractivity contribution is 5.99. The van der Waals surface area contributed by atoms with Crippen LogP contribution in [0.3, 0.4) is 0 Å². The van der Waals surface area contributed by atoms with Crippen molar-refractivity contribution in [2.45, 2.75) is 51.7 Å². The number of rotatable bonds is 3. The Morgan fingerprint density at radius 2 is 1.81 bits per heavy atom. The molecule has 27 heavy (non-hydrogen) atoms. The first-order valence-electron chi connectivity index (χ1n) is 9.14. The van der Waals surface area contributed by atoms with Crippen molar-refractivity contribution in [3.05, 3.63) is 48.0 Å². The molecular formula is C21H24FNO4. The Morgan fingerprint density at radius 1 is 1.11 bits per heavy atom. The van der Waals surface area contributed by atoms with E-state index in [-0.39, 0.29) is 17.4 Å².